The second-order valence-electron chi connectivity index (χ2n) is 13.8. The summed E-state index contributed by atoms with van der Waals surface area (Å²) < 4.78 is 0. The predicted octanol–water partition coefficient (Wildman–Crippen LogP) is 5.82. The van der Waals surface area contributed by atoms with Gasteiger partial charge in [0.1, 0.15) is 6.04 Å². The predicted molar refractivity (Wildman–Crippen MR) is 170 cm³/mol. The van der Waals surface area contributed by atoms with E-state index in [-0.39, 0.29) is 24.0 Å². The van der Waals surface area contributed by atoms with Gasteiger partial charge in [-0.1, -0.05) is 86.8 Å². The first-order valence-electron chi connectivity index (χ1n) is 16.8. The summed E-state index contributed by atoms with van der Waals surface area (Å²) in [5.41, 5.74) is 2.46. The zero-order valence-electron chi connectivity index (χ0n) is 25.8. The molecular weight excluding hydrogens is 536 g/mol. The topological polar surface area (TPSA) is 76.1 Å². The van der Waals surface area contributed by atoms with Crippen molar-refractivity contribution in [3.05, 3.63) is 71.8 Å². The number of carbonyl (C=O) groups excluding carboxylic acids is 1. The summed E-state index contributed by atoms with van der Waals surface area (Å²) in [4.78, 5) is 33.1. The molecule has 5 atom stereocenters. The first kappa shape index (κ1) is 30.1. The molecule has 43 heavy (non-hydrogen) atoms. The van der Waals surface area contributed by atoms with Gasteiger partial charge in [-0.2, -0.15) is 0 Å². The van der Waals surface area contributed by atoms with Crippen molar-refractivity contribution < 1.29 is 14.7 Å². The number of carbonyl (C=O) groups is 2. The van der Waals surface area contributed by atoms with Gasteiger partial charge in [-0.25, -0.2) is 4.79 Å². The Hall–Kier alpha value is -2.90. The van der Waals surface area contributed by atoms with E-state index in [0.717, 1.165) is 83.2 Å². The first-order chi connectivity index (χ1) is 21.0. The molecular formula is C36H50N4O3. The number of urea groups is 1. The van der Waals surface area contributed by atoms with E-state index in [1.54, 1.807) is 0 Å². The molecule has 0 bridgehead atoms. The van der Waals surface area contributed by atoms with Crippen LogP contribution in [0.5, 0.6) is 0 Å². The van der Waals surface area contributed by atoms with Crippen LogP contribution < -0.4 is 5.32 Å². The van der Waals surface area contributed by atoms with Crippen molar-refractivity contribution in [2.75, 3.05) is 32.7 Å². The molecule has 2 aliphatic heterocycles. The van der Waals surface area contributed by atoms with Gasteiger partial charge in [0, 0.05) is 57.3 Å². The molecule has 2 aromatic rings. The summed E-state index contributed by atoms with van der Waals surface area (Å²) >= 11 is 0. The van der Waals surface area contributed by atoms with E-state index < -0.39 is 5.97 Å². The van der Waals surface area contributed by atoms with Crippen LogP contribution in [0.25, 0.3) is 0 Å². The summed E-state index contributed by atoms with van der Waals surface area (Å²) in [6.45, 7) is 7.44. The van der Waals surface area contributed by atoms with Crippen molar-refractivity contribution >= 4 is 12.0 Å². The average Bonchev–Trinajstić information content (AvgIpc) is 3.60. The van der Waals surface area contributed by atoms with Crippen LogP contribution in [0.2, 0.25) is 0 Å². The van der Waals surface area contributed by atoms with Crippen molar-refractivity contribution in [1.82, 2.24) is 20.0 Å². The van der Waals surface area contributed by atoms with Gasteiger partial charge < -0.3 is 20.2 Å². The van der Waals surface area contributed by atoms with E-state index in [9.17, 15) is 14.7 Å². The van der Waals surface area contributed by atoms with E-state index in [1.807, 2.05) is 18.2 Å². The highest BCUT2D eigenvalue weighted by atomic mass is 16.4. The van der Waals surface area contributed by atoms with Crippen LogP contribution >= 0.6 is 0 Å². The Labute approximate surface area is 257 Å². The molecule has 2 saturated heterocycles. The molecule has 2 N–H and O–H groups in total. The van der Waals surface area contributed by atoms with E-state index in [4.69, 9.17) is 0 Å². The Kier molecular flexibility index (Phi) is 9.68. The van der Waals surface area contributed by atoms with Crippen LogP contribution in [0.1, 0.15) is 75.3 Å². The number of rotatable bonds is 10. The molecule has 4 fully saturated rings. The molecule has 0 radical (unpaired) electrons. The van der Waals surface area contributed by atoms with Crippen molar-refractivity contribution in [1.29, 1.82) is 0 Å². The minimum absolute atomic E-state index is 0.0784. The minimum atomic E-state index is -0.639. The SMILES string of the molecule is CC1CC1N(C(=O)NCc1ccccc1)C1CCN(CC2CN(C(C(=O)O)C3CCCCC3)CC2c2ccccc2)CC1. The van der Waals surface area contributed by atoms with Crippen LogP contribution in [0.15, 0.2) is 60.7 Å². The van der Waals surface area contributed by atoms with Crippen molar-refractivity contribution in [2.24, 2.45) is 17.8 Å². The Morgan fingerprint density at radius 1 is 0.930 bits per heavy atom. The molecule has 2 saturated carbocycles. The van der Waals surface area contributed by atoms with E-state index >= 15 is 0 Å². The molecule has 0 aromatic heterocycles. The van der Waals surface area contributed by atoms with Gasteiger partial charge in [-0.05, 0) is 61.0 Å². The first-order valence-corrected chi connectivity index (χ1v) is 16.8. The van der Waals surface area contributed by atoms with E-state index in [2.05, 4.69) is 69.4 Å². The summed E-state index contributed by atoms with van der Waals surface area (Å²) in [5, 5.41) is 13.6. The molecule has 2 aliphatic carbocycles. The summed E-state index contributed by atoms with van der Waals surface area (Å²) in [7, 11) is 0. The molecule has 2 aromatic carbocycles. The number of likely N-dealkylation sites (tertiary alicyclic amines) is 2. The Morgan fingerprint density at radius 2 is 1.58 bits per heavy atom. The van der Waals surface area contributed by atoms with Crippen LogP contribution in [0.4, 0.5) is 4.79 Å². The zero-order chi connectivity index (χ0) is 29.8. The molecule has 6 rings (SSSR count). The number of aliphatic carboxylic acids is 1. The maximum atomic E-state index is 13.4. The lowest BCUT2D eigenvalue weighted by Gasteiger charge is -2.40. The fourth-order valence-electron chi connectivity index (χ4n) is 8.35. The molecule has 4 aliphatic rings. The second kappa shape index (κ2) is 13.8. The van der Waals surface area contributed by atoms with Crippen molar-refractivity contribution in [2.45, 2.75) is 88.9 Å². The third-order valence-corrected chi connectivity index (χ3v) is 10.8. The number of carboxylic acids is 1. The van der Waals surface area contributed by atoms with Crippen LogP contribution in [0.3, 0.4) is 0 Å². The summed E-state index contributed by atoms with van der Waals surface area (Å²) in [6, 6.07) is 21.2. The third kappa shape index (κ3) is 7.26. The van der Waals surface area contributed by atoms with Gasteiger partial charge >= 0.3 is 12.0 Å². The van der Waals surface area contributed by atoms with Crippen LogP contribution in [-0.4, -0.2) is 82.7 Å². The molecule has 5 unspecified atom stereocenters. The highest BCUT2D eigenvalue weighted by molar-refractivity contribution is 5.75. The van der Waals surface area contributed by atoms with Gasteiger partial charge in [0.25, 0.3) is 0 Å². The molecule has 232 valence electrons. The maximum Gasteiger partial charge on any atom is 0.321 e. The third-order valence-electron chi connectivity index (χ3n) is 10.8. The Balaban J connectivity index is 1.09. The van der Waals surface area contributed by atoms with Crippen LogP contribution in [0, 0.1) is 17.8 Å². The molecule has 7 heteroatoms. The highest BCUT2D eigenvalue weighted by Gasteiger charge is 2.46. The fourth-order valence-corrected chi connectivity index (χ4v) is 8.35. The number of piperidine rings is 1. The maximum absolute atomic E-state index is 13.4. The lowest BCUT2D eigenvalue weighted by molar-refractivity contribution is -0.145. The quantitative estimate of drug-likeness (QED) is 0.367. The number of amides is 2. The lowest BCUT2D eigenvalue weighted by Crippen LogP contribution is -2.52. The number of nitrogens with zero attached hydrogens (tertiary/aromatic N) is 3. The lowest BCUT2D eigenvalue weighted by atomic mass is 9.83. The monoisotopic (exact) mass is 586 g/mol. The zero-order valence-corrected chi connectivity index (χ0v) is 25.8. The summed E-state index contributed by atoms with van der Waals surface area (Å²) in [6.07, 6.45) is 8.71. The standard InChI is InChI=1S/C36H50N4O3/c1-26-21-33(26)40(36(43)37-22-27-11-5-2-6-12-27)31-17-19-38(20-18-31)23-30-24-39(25-32(30)28-13-7-3-8-14-28)34(35(41)42)29-15-9-4-10-16-29/h2-3,5-8,11-14,26,29-34H,4,9-10,15-25H2,1H3,(H,37,43)(H,41,42). The highest BCUT2D eigenvalue weighted by Crippen LogP contribution is 2.40. The summed E-state index contributed by atoms with van der Waals surface area (Å²) in [5.74, 6) is 0.944. The van der Waals surface area contributed by atoms with Crippen molar-refractivity contribution in [3.63, 3.8) is 0 Å². The fraction of sp³-hybridized carbons (Fsp3) is 0.611. The number of nitrogens with one attached hydrogen (secondary N) is 1. The van der Waals surface area contributed by atoms with Gasteiger partial charge in [0.2, 0.25) is 0 Å². The number of hydrogen-bond acceptors (Lipinski definition) is 4. The molecule has 2 amide bonds. The Bertz CT molecular complexity index is 1200. The molecule has 0 spiro atoms. The Morgan fingerprint density at radius 3 is 2.21 bits per heavy atom. The van der Waals surface area contributed by atoms with Gasteiger partial charge in [-0.15, -0.1) is 0 Å². The largest absolute Gasteiger partial charge is 0.480 e. The number of hydrogen-bond donors (Lipinski definition) is 2. The smallest absolute Gasteiger partial charge is 0.321 e. The number of benzene rings is 2. The minimum Gasteiger partial charge on any atom is -0.480 e. The van der Waals surface area contributed by atoms with Gasteiger partial charge in [0.15, 0.2) is 0 Å². The average molecular weight is 587 g/mol. The van der Waals surface area contributed by atoms with Gasteiger partial charge in [-0.3, -0.25) is 9.69 Å². The van der Waals surface area contributed by atoms with E-state index in [1.165, 1.54) is 12.0 Å². The van der Waals surface area contributed by atoms with Crippen LogP contribution in [-0.2, 0) is 11.3 Å². The normalized spacial score (nSPS) is 27.9. The molecule has 2 heterocycles. The second-order valence-corrected chi connectivity index (χ2v) is 13.8. The van der Waals surface area contributed by atoms with E-state index in [0.29, 0.717) is 30.3 Å². The van der Waals surface area contributed by atoms with Gasteiger partial charge in [0.05, 0.1) is 0 Å². The number of carboxylic acid groups (broad SMARTS) is 1. The molecule has 7 nitrogen and oxygen atoms in total. The van der Waals surface area contributed by atoms with Crippen molar-refractivity contribution in [3.8, 4) is 0 Å².